The first-order valence-electron chi connectivity index (χ1n) is 12.7. The molecule has 0 radical (unpaired) electrons. The molecule has 0 bridgehead atoms. The number of allylic oxidation sites excluding steroid dienone is 2. The van der Waals surface area contributed by atoms with Crippen LogP contribution in [0.4, 0.5) is 0 Å². The standard InChI is InChI=1S/C26H46O4.Na/c1-2-3-4-5-6-7-8-9-10-11-12-13-14-15-16-19-22-30-26(29)24-21-18-17-20-23(24)25(27)28;/h3-4,23-24H,2,5-22H2,1H3,(H,27,28);/q;+1/p-1/b4-3+;. The van der Waals surface area contributed by atoms with Gasteiger partial charge in [-0.1, -0.05) is 96.1 Å². The fraction of sp³-hybridized carbons (Fsp3) is 0.846. The molecule has 0 heterocycles. The molecule has 31 heavy (non-hydrogen) atoms. The van der Waals surface area contributed by atoms with Gasteiger partial charge in [0.2, 0.25) is 0 Å². The molecule has 0 aromatic heterocycles. The van der Waals surface area contributed by atoms with Gasteiger partial charge in [-0.25, -0.2) is 0 Å². The summed E-state index contributed by atoms with van der Waals surface area (Å²) < 4.78 is 5.35. The van der Waals surface area contributed by atoms with Crippen molar-refractivity contribution in [2.24, 2.45) is 11.8 Å². The minimum absolute atomic E-state index is 0. The summed E-state index contributed by atoms with van der Waals surface area (Å²) in [7, 11) is 0. The monoisotopic (exact) mass is 444 g/mol. The van der Waals surface area contributed by atoms with E-state index in [4.69, 9.17) is 4.74 Å². The second-order valence-corrected chi connectivity index (χ2v) is 8.89. The van der Waals surface area contributed by atoms with Crippen LogP contribution in [0.5, 0.6) is 0 Å². The molecule has 1 aliphatic rings. The molecule has 2 atom stereocenters. The third-order valence-corrected chi connectivity index (χ3v) is 6.28. The van der Waals surface area contributed by atoms with Crippen molar-refractivity contribution in [3.05, 3.63) is 12.2 Å². The van der Waals surface area contributed by atoms with Crippen molar-refractivity contribution >= 4 is 11.9 Å². The summed E-state index contributed by atoms with van der Waals surface area (Å²) in [6.45, 7) is 2.60. The van der Waals surface area contributed by atoms with Crippen molar-refractivity contribution in [1.29, 1.82) is 0 Å². The van der Waals surface area contributed by atoms with Crippen LogP contribution in [0.2, 0.25) is 0 Å². The van der Waals surface area contributed by atoms with Crippen molar-refractivity contribution in [1.82, 2.24) is 0 Å². The first-order valence-corrected chi connectivity index (χ1v) is 12.7. The molecule has 0 aromatic rings. The van der Waals surface area contributed by atoms with Gasteiger partial charge in [0.25, 0.3) is 0 Å². The maximum atomic E-state index is 12.2. The van der Waals surface area contributed by atoms with E-state index in [2.05, 4.69) is 19.1 Å². The molecule has 1 rings (SSSR count). The zero-order valence-electron chi connectivity index (χ0n) is 20.4. The maximum Gasteiger partial charge on any atom is 1.00 e. The van der Waals surface area contributed by atoms with Crippen molar-refractivity contribution in [2.75, 3.05) is 6.61 Å². The second kappa shape index (κ2) is 21.5. The minimum atomic E-state index is -1.10. The molecule has 0 aromatic carbocycles. The SMILES string of the molecule is CC/C=C/CCCCCCCCCCCCCCOC(=O)C1CCCCC1C(=O)[O-].[Na+]. The van der Waals surface area contributed by atoms with Crippen molar-refractivity contribution < 1.29 is 49.0 Å². The summed E-state index contributed by atoms with van der Waals surface area (Å²) in [5.74, 6) is -2.59. The maximum absolute atomic E-state index is 12.2. The summed E-state index contributed by atoms with van der Waals surface area (Å²) in [6, 6.07) is 0. The molecule has 0 spiro atoms. The van der Waals surface area contributed by atoms with Crippen molar-refractivity contribution in [3.63, 3.8) is 0 Å². The van der Waals surface area contributed by atoms with E-state index < -0.39 is 17.8 Å². The van der Waals surface area contributed by atoms with Crippen LogP contribution in [0.1, 0.15) is 122 Å². The van der Waals surface area contributed by atoms with Gasteiger partial charge in [0.05, 0.1) is 12.5 Å². The molecule has 5 heteroatoms. The average molecular weight is 445 g/mol. The predicted octanol–water partition coefficient (Wildman–Crippen LogP) is 3.13. The van der Waals surface area contributed by atoms with Gasteiger partial charge in [-0.3, -0.25) is 4.79 Å². The molecule has 0 N–H and O–H groups in total. The van der Waals surface area contributed by atoms with E-state index in [9.17, 15) is 14.7 Å². The normalized spacial score (nSPS) is 18.6. The van der Waals surface area contributed by atoms with Gasteiger partial charge in [0.1, 0.15) is 0 Å². The molecule has 0 aliphatic heterocycles. The Balaban J connectivity index is 0.00000900. The van der Waals surface area contributed by atoms with Crippen molar-refractivity contribution in [3.8, 4) is 0 Å². The Labute approximate surface area is 213 Å². The second-order valence-electron chi connectivity index (χ2n) is 8.89. The van der Waals surface area contributed by atoms with Crippen molar-refractivity contribution in [2.45, 2.75) is 122 Å². The number of hydrogen-bond acceptors (Lipinski definition) is 4. The third-order valence-electron chi connectivity index (χ3n) is 6.28. The number of carbonyl (C=O) groups excluding carboxylic acids is 2. The van der Waals surface area contributed by atoms with E-state index in [1.807, 2.05) is 0 Å². The molecule has 2 unspecified atom stereocenters. The Kier molecular flexibility index (Phi) is 21.3. The predicted molar refractivity (Wildman–Crippen MR) is 121 cm³/mol. The summed E-state index contributed by atoms with van der Waals surface area (Å²) >= 11 is 0. The molecule has 0 amide bonds. The number of aliphatic carboxylic acids is 1. The van der Waals surface area contributed by atoms with Crippen LogP contribution in [0.15, 0.2) is 12.2 Å². The van der Waals surface area contributed by atoms with Gasteiger partial charge in [-0.2, -0.15) is 0 Å². The summed E-state index contributed by atoms with van der Waals surface area (Å²) in [5.41, 5.74) is 0. The first-order chi connectivity index (χ1) is 14.7. The van der Waals surface area contributed by atoms with Gasteiger partial charge >= 0.3 is 35.5 Å². The van der Waals surface area contributed by atoms with Crippen LogP contribution in [0.25, 0.3) is 0 Å². The van der Waals surface area contributed by atoms with E-state index >= 15 is 0 Å². The smallest absolute Gasteiger partial charge is 0.550 e. The fourth-order valence-electron chi connectivity index (χ4n) is 4.39. The molecule has 1 saturated carbocycles. The van der Waals surface area contributed by atoms with E-state index in [0.717, 1.165) is 32.1 Å². The number of hydrogen-bond donors (Lipinski definition) is 0. The number of unbranched alkanes of at least 4 members (excludes halogenated alkanes) is 12. The largest absolute Gasteiger partial charge is 1.00 e. The molecule has 174 valence electrons. The zero-order chi connectivity index (χ0) is 21.9. The Hall–Kier alpha value is -0.320. The van der Waals surface area contributed by atoms with Crippen LogP contribution in [-0.4, -0.2) is 18.5 Å². The Bertz CT molecular complexity index is 478. The number of carboxylic acid groups (broad SMARTS) is 1. The summed E-state index contributed by atoms with van der Waals surface area (Å²) in [5, 5.41) is 11.2. The fourth-order valence-corrected chi connectivity index (χ4v) is 4.39. The van der Waals surface area contributed by atoms with E-state index in [-0.39, 0.29) is 35.5 Å². The number of rotatable bonds is 18. The van der Waals surface area contributed by atoms with Crippen LogP contribution < -0.4 is 34.7 Å². The van der Waals surface area contributed by atoms with Gasteiger partial charge in [0, 0.05) is 11.9 Å². The quantitative estimate of drug-likeness (QED) is 0.141. The van der Waals surface area contributed by atoms with Crippen LogP contribution in [-0.2, 0) is 14.3 Å². The molecule has 1 aliphatic carbocycles. The molecule has 4 nitrogen and oxygen atoms in total. The minimum Gasteiger partial charge on any atom is -0.550 e. The number of carbonyl (C=O) groups is 2. The molecule has 0 saturated heterocycles. The Morgan fingerprint density at radius 3 is 1.77 bits per heavy atom. The van der Waals surface area contributed by atoms with Crippen LogP contribution in [0, 0.1) is 11.8 Å². The first kappa shape index (κ1) is 30.7. The van der Waals surface area contributed by atoms with Crippen LogP contribution in [0.3, 0.4) is 0 Å². The Morgan fingerprint density at radius 1 is 0.774 bits per heavy atom. The van der Waals surface area contributed by atoms with E-state index in [1.165, 1.54) is 70.6 Å². The third kappa shape index (κ3) is 16.0. The summed E-state index contributed by atoms with van der Waals surface area (Å²) in [6.07, 6.45) is 25.1. The van der Waals surface area contributed by atoms with Gasteiger partial charge < -0.3 is 14.6 Å². The molecule has 1 fully saturated rings. The van der Waals surface area contributed by atoms with Gasteiger partial charge in [-0.15, -0.1) is 0 Å². The zero-order valence-corrected chi connectivity index (χ0v) is 22.4. The summed E-state index contributed by atoms with van der Waals surface area (Å²) in [4.78, 5) is 23.3. The van der Waals surface area contributed by atoms with Gasteiger partial charge in [0.15, 0.2) is 0 Å². The number of esters is 1. The van der Waals surface area contributed by atoms with E-state index in [0.29, 0.717) is 19.4 Å². The number of ether oxygens (including phenoxy) is 1. The van der Waals surface area contributed by atoms with Gasteiger partial charge in [-0.05, 0) is 38.5 Å². The average Bonchev–Trinajstić information content (AvgIpc) is 2.75. The number of carboxylic acids is 1. The molecular weight excluding hydrogens is 399 g/mol. The Morgan fingerprint density at radius 2 is 1.26 bits per heavy atom. The topological polar surface area (TPSA) is 66.4 Å². The molecular formula is C26H45NaO4. The van der Waals surface area contributed by atoms with E-state index in [1.54, 1.807) is 0 Å². The van der Waals surface area contributed by atoms with Crippen LogP contribution >= 0.6 is 0 Å².